The van der Waals surface area contributed by atoms with Crippen LogP contribution in [0.5, 0.6) is 0 Å². The summed E-state index contributed by atoms with van der Waals surface area (Å²) in [6.45, 7) is 1.47. The van der Waals surface area contributed by atoms with E-state index in [2.05, 4.69) is 11.2 Å². The third-order valence-electron chi connectivity index (χ3n) is 4.59. The lowest BCUT2D eigenvalue weighted by Gasteiger charge is -2.35. The van der Waals surface area contributed by atoms with E-state index in [1.807, 2.05) is 18.2 Å². The van der Waals surface area contributed by atoms with Gasteiger partial charge in [-0.3, -0.25) is 0 Å². The Kier molecular flexibility index (Phi) is 4.17. The predicted octanol–water partition coefficient (Wildman–Crippen LogP) is 4.26. The minimum absolute atomic E-state index is 0.141. The fourth-order valence-electron chi connectivity index (χ4n) is 3.09. The first-order valence-electron chi connectivity index (χ1n) is 8.20. The second kappa shape index (κ2) is 6.48. The molecule has 2 aliphatic rings. The van der Waals surface area contributed by atoms with Crippen LogP contribution in [0.1, 0.15) is 30.0 Å². The summed E-state index contributed by atoms with van der Waals surface area (Å²) in [7, 11) is 0. The molecule has 0 bridgehead atoms. The zero-order chi connectivity index (χ0) is 17.4. The van der Waals surface area contributed by atoms with Gasteiger partial charge in [0.1, 0.15) is 5.82 Å². The van der Waals surface area contributed by atoms with Crippen LogP contribution in [0.4, 0.5) is 9.18 Å². The SMILES string of the molecule is O=C(N1CCC1)N1N=C(c2cc(Cl)ccc2F)CC1c1c[c]ccc1. The molecule has 0 N–H and O–H groups in total. The molecule has 2 aromatic carbocycles. The Hall–Kier alpha value is -2.40. The molecule has 1 atom stereocenters. The molecular weight excluding hydrogens is 341 g/mol. The molecule has 4 nitrogen and oxygen atoms in total. The van der Waals surface area contributed by atoms with Gasteiger partial charge in [0.2, 0.25) is 0 Å². The summed E-state index contributed by atoms with van der Waals surface area (Å²) in [6, 6.07) is 14.5. The van der Waals surface area contributed by atoms with Crippen molar-refractivity contribution in [2.75, 3.05) is 13.1 Å². The summed E-state index contributed by atoms with van der Waals surface area (Å²) in [5.74, 6) is -0.389. The highest BCUT2D eigenvalue weighted by atomic mass is 35.5. The molecule has 1 saturated heterocycles. The molecule has 1 unspecified atom stereocenters. The summed E-state index contributed by atoms with van der Waals surface area (Å²) in [5.41, 5.74) is 1.80. The maximum Gasteiger partial charge on any atom is 0.341 e. The smallest absolute Gasteiger partial charge is 0.323 e. The van der Waals surface area contributed by atoms with E-state index in [-0.39, 0.29) is 17.9 Å². The monoisotopic (exact) mass is 356 g/mol. The van der Waals surface area contributed by atoms with Crippen LogP contribution >= 0.6 is 11.6 Å². The Labute approximate surface area is 150 Å². The Morgan fingerprint density at radius 3 is 2.84 bits per heavy atom. The molecule has 2 amide bonds. The maximum absolute atomic E-state index is 14.3. The third kappa shape index (κ3) is 3.00. The second-order valence-corrected chi connectivity index (χ2v) is 6.63. The second-order valence-electron chi connectivity index (χ2n) is 6.20. The third-order valence-corrected chi connectivity index (χ3v) is 4.82. The zero-order valence-electron chi connectivity index (χ0n) is 13.5. The van der Waals surface area contributed by atoms with Gasteiger partial charge in [0.15, 0.2) is 0 Å². The summed E-state index contributed by atoms with van der Waals surface area (Å²) >= 11 is 6.01. The van der Waals surface area contributed by atoms with E-state index < -0.39 is 0 Å². The first-order valence-corrected chi connectivity index (χ1v) is 8.58. The topological polar surface area (TPSA) is 35.9 Å². The largest absolute Gasteiger partial charge is 0.341 e. The fourth-order valence-corrected chi connectivity index (χ4v) is 3.27. The number of carbonyl (C=O) groups is 1. The van der Waals surface area contributed by atoms with Crippen molar-refractivity contribution in [1.29, 1.82) is 0 Å². The van der Waals surface area contributed by atoms with Gasteiger partial charge in [0, 0.05) is 30.1 Å². The van der Waals surface area contributed by atoms with E-state index >= 15 is 0 Å². The molecule has 0 saturated carbocycles. The van der Waals surface area contributed by atoms with Gasteiger partial charge in [-0.25, -0.2) is 14.2 Å². The predicted molar refractivity (Wildman–Crippen MR) is 94.0 cm³/mol. The number of rotatable bonds is 2. The van der Waals surface area contributed by atoms with Crippen LogP contribution in [0.25, 0.3) is 0 Å². The lowest BCUT2D eigenvalue weighted by atomic mass is 9.98. The first kappa shape index (κ1) is 16.1. The normalized spacial score (nSPS) is 19.6. The number of nitrogens with zero attached hydrogens (tertiary/aromatic N) is 3. The number of benzene rings is 2. The number of urea groups is 1. The lowest BCUT2D eigenvalue weighted by Crippen LogP contribution is -2.48. The molecule has 127 valence electrons. The Morgan fingerprint density at radius 1 is 1.32 bits per heavy atom. The fraction of sp³-hybridized carbons (Fsp3) is 0.263. The zero-order valence-corrected chi connectivity index (χ0v) is 14.2. The van der Waals surface area contributed by atoms with Crippen LogP contribution in [-0.4, -0.2) is 34.7 Å². The van der Waals surface area contributed by atoms with Crippen molar-refractivity contribution in [3.8, 4) is 0 Å². The minimum atomic E-state index is -0.389. The number of amides is 2. The molecule has 0 spiro atoms. The van der Waals surface area contributed by atoms with Crippen molar-refractivity contribution in [2.24, 2.45) is 5.10 Å². The highest BCUT2D eigenvalue weighted by Crippen LogP contribution is 2.35. The van der Waals surface area contributed by atoms with Crippen molar-refractivity contribution in [1.82, 2.24) is 9.91 Å². The van der Waals surface area contributed by atoms with E-state index in [0.29, 0.717) is 22.7 Å². The molecule has 0 aliphatic carbocycles. The average molecular weight is 357 g/mol. The number of hydrogen-bond donors (Lipinski definition) is 0. The Morgan fingerprint density at radius 2 is 2.16 bits per heavy atom. The van der Waals surface area contributed by atoms with E-state index in [1.54, 1.807) is 17.0 Å². The minimum Gasteiger partial charge on any atom is -0.323 e. The number of likely N-dealkylation sites (tertiary alicyclic amines) is 1. The van der Waals surface area contributed by atoms with Gasteiger partial charge in [-0.2, -0.15) is 5.10 Å². The number of hydrogen-bond acceptors (Lipinski definition) is 2. The average Bonchev–Trinajstić information content (AvgIpc) is 3.01. The standard InChI is InChI=1S/C19H16ClFN3O/c20-14-7-8-16(21)15(11-14)17-12-18(13-5-2-1-3-6-13)24(22-17)19(25)23-9-4-10-23/h1-2,5-8,11,18H,4,9-10,12H2. The van der Waals surface area contributed by atoms with Crippen LogP contribution in [0.15, 0.2) is 47.6 Å². The highest BCUT2D eigenvalue weighted by Gasteiger charge is 2.37. The van der Waals surface area contributed by atoms with E-state index in [1.165, 1.54) is 17.1 Å². The molecule has 1 fully saturated rings. The molecule has 2 aromatic rings. The first-order chi connectivity index (χ1) is 12.1. The van der Waals surface area contributed by atoms with Gasteiger partial charge in [-0.15, -0.1) is 0 Å². The van der Waals surface area contributed by atoms with Crippen molar-refractivity contribution >= 4 is 23.3 Å². The molecule has 2 aliphatic heterocycles. The Balaban J connectivity index is 1.71. The van der Waals surface area contributed by atoms with Crippen molar-refractivity contribution in [3.05, 3.63) is 70.5 Å². The van der Waals surface area contributed by atoms with Gasteiger partial charge in [-0.05, 0) is 42.3 Å². The molecule has 25 heavy (non-hydrogen) atoms. The van der Waals surface area contributed by atoms with E-state index in [4.69, 9.17) is 11.6 Å². The van der Waals surface area contributed by atoms with Gasteiger partial charge in [0.05, 0.1) is 11.8 Å². The van der Waals surface area contributed by atoms with Crippen LogP contribution in [-0.2, 0) is 0 Å². The highest BCUT2D eigenvalue weighted by molar-refractivity contribution is 6.31. The lowest BCUT2D eigenvalue weighted by molar-refractivity contribution is 0.117. The van der Waals surface area contributed by atoms with Crippen LogP contribution in [0.2, 0.25) is 5.02 Å². The van der Waals surface area contributed by atoms with Crippen LogP contribution in [0, 0.1) is 11.9 Å². The van der Waals surface area contributed by atoms with E-state index in [9.17, 15) is 9.18 Å². The van der Waals surface area contributed by atoms with Gasteiger partial charge in [-0.1, -0.05) is 29.8 Å². The molecular formula is C19H16ClFN3O. The Bertz CT molecular complexity index is 836. The van der Waals surface area contributed by atoms with E-state index in [0.717, 1.165) is 25.1 Å². The van der Waals surface area contributed by atoms with Gasteiger partial charge < -0.3 is 4.90 Å². The van der Waals surface area contributed by atoms with Gasteiger partial charge in [0.25, 0.3) is 0 Å². The summed E-state index contributed by atoms with van der Waals surface area (Å²) < 4.78 is 14.3. The van der Waals surface area contributed by atoms with Crippen molar-refractivity contribution in [3.63, 3.8) is 0 Å². The van der Waals surface area contributed by atoms with Crippen molar-refractivity contribution < 1.29 is 9.18 Å². The summed E-state index contributed by atoms with van der Waals surface area (Å²) in [6.07, 6.45) is 1.44. The van der Waals surface area contributed by atoms with Crippen LogP contribution < -0.4 is 0 Å². The molecule has 2 heterocycles. The number of carbonyl (C=O) groups excluding carboxylic acids is 1. The summed E-state index contributed by atoms with van der Waals surface area (Å²) in [4.78, 5) is 14.5. The van der Waals surface area contributed by atoms with Crippen molar-refractivity contribution in [2.45, 2.75) is 18.9 Å². The van der Waals surface area contributed by atoms with Crippen LogP contribution in [0.3, 0.4) is 0 Å². The number of hydrazone groups is 1. The van der Waals surface area contributed by atoms with Gasteiger partial charge >= 0.3 is 6.03 Å². The quantitative estimate of drug-likeness (QED) is 0.792. The molecule has 0 aromatic heterocycles. The maximum atomic E-state index is 14.3. The molecule has 4 rings (SSSR count). The molecule has 6 heteroatoms. The summed E-state index contributed by atoms with van der Waals surface area (Å²) in [5, 5.41) is 6.38. The number of halogens is 2. The molecule has 1 radical (unpaired) electrons.